The van der Waals surface area contributed by atoms with Crippen molar-refractivity contribution in [1.29, 1.82) is 0 Å². The van der Waals surface area contributed by atoms with Crippen LogP contribution in [0.4, 0.5) is 17.1 Å². The average molecular weight is 686 g/mol. The lowest BCUT2D eigenvalue weighted by Gasteiger charge is -2.31. The van der Waals surface area contributed by atoms with E-state index in [1.54, 1.807) is 0 Å². The van der Waals surface area contributed by atoms with Gasteiger partial charge in [-0.1, -0.05) is 153 Å². The zero-order valence-corrected chi connectivity index (χ0v) is 30.2. The van der Waals surface area contributed by atoms with Crippen LogP contribution in [0.1, 0.15) is 56.1 Å². The van der Waals surface area contributed by atoms with Crippen molar-refractivity contribution in [3.8, 4) is 28.0 Å². The minimum absolute atomic E-state index is 0.00918. The summed E-state index contributed by atoms with van der Waals surface area (Å²) in [5.74, 6) is 1.57. The summed E-state index contributed by atoms with van der Waals surface area (Å²) in [5, 5.41) is 5.16. The molecule has 0 aromatic heterocycles. The van der Waals surface area contributed by atoms with Crippen molar-refractivity contribution < 1.29 is 4.74 Å². The molecular weight excluding hydrogens is 643 g/mol. The number of ether oxygens (including phenoxy) is 1. The molecule has 1 saturated carbocycles. The number of hydrogen-bond acceptors (Lipinski definition) is 2. The van der Waals surface area contributed by atoms with E-state index in [1.165, 1.54) is 92.7 Å². The van der Waals surface area contributed by atoms with E-state index in [-0.39, 0.29) is 11.5 Å². The van der Waals surface area contributed by atoms with Crippen molar-refractivity contribution in [3.63, 3.8) is 0 Å². The van der Waals surface area contributed by atoms with Gasteiger partial charge in [0.15, 0.2) is 0 Å². The van der Waals surface area contributed by atoms with Crippen LogP contribution in [0.2, 0.25) is 0 Å². The van der Waals surface area contributed by atoms with Gasteiger partial charge < -0.3 is 9.64 Å². The first kappa shape index (κ1) is 31.8. The number of rotatable bonds is 6. The third-order valence-electron chi connectivity index (χ3n) is 12.1. The Labute approximate surface area is 312 Å². The first-order valence-corrected chi connectivity index (χ1v) is 19.3. The normalized spacial score (nSPS) is 19.2. The zero-order valence-electron chi connectivity index (χ0n) is 30.2. The number of anilines is 3. The molecule has 7 aromatic carbocycles. The Morgan fingerprint density at radius 2 is 1.30 bits per heavy atom. The van der Waals surface area contributed by atoms with Gasteiger partial charge in [-0.2, -0.15) is 0 Å². The van der Waals surface area contributed by atoms with Crippen molar-refractivity contribution >= 4 is 38.6 Å². The Bertz CT molecular complexity index is 2560. The number of hydrogen-bond donors (Lipinski definition) is 0. The Kier molecular flexibility index (Phi) is 7.79. The number of nitrogens with zero attached hydrogens (tertiary/aromatic N) is 1. The monoisotopic (exact) mass is 685 g/mol. The molecule has 1 fully saturated rings. The van der Waals surface area contributed by atoms with E-state index < -0.39 is 0 Å². The van der Waals surface area contributed by atoms with Gasteiger partial charge >= 0.3 is 0 Å². The van der Waals surface area contributed by atoms with Crippen LogP contribution >= 0.6 is 0 Å². The summed E-state index contributed by atoms with van der Waals surface area (Å²) in [7, 11) is 0. The summed E-state index contributed by atoms with van der Waals surface area (Å²) in [6.45, 7) is 2.31. The molecule has 1 aliphatic heterocycles. The highest BCUT2D eigenvalue weighted by Crippen LogP contribution is 2.52. The summed E-state index contributed by atoms with van der Waals surface area (Å²) in [6.07, 6.45) is 15.3. The van der Waals surface area contributed by atoms with E-state index in [9.17, 15) is 0 Å². The lowest BCUT2D eigenvalue weighted by Crippen LogP contribution is -2.33. The maximum Gasteiger partial charge on any atom is 0.130 e. The van der Waals surface area contributed by atoms with Crippen LogP contribution in [-0.2, 0) is 5.41 Å². The number of allylic oxidation sites excluding steroid dienone is 2. The maximum atomic E-state index is 6.55. The second kappa shape index (κ2) is 13.0. The van der Waals surface area contributed by atoms with Crippen LogP contribution in [0, 0.1) is 0 Å². The molecule has 2 atom stereocenters. The molecule has 2 heteroatoms. The Morgan fingerprint density at radius 1 is 0.604 bits per heavy atom. The van der Waals surface area contributed by atoms with Crippen LogP contribution in [0.5, 0.6) is 5.75 Å². The molecule has 258 valence electrons. The average Bonchev–Trinajstić information content (AvgIpc) is 3.53. The SMILES string of the molecule is CC12C=CC=CC1Oc1cccc(-c3cccc(N(c4ccccc4-c4cccc5cccc(C6CCCCC6)c45)c4cccc5ccccc45)c3)c12. The Morgan fingerprint density at radius 3 is 2.23 bits per heavy atom. The minimum Gasteiger partial charge on any atom is -0.485 e. The van der Waals surface area contributed by atoms with E-state index in [4.69, 9.17) is 4.74 Å². The standard InChI is InChI=1S/C51H43NO/c1-51-33-10-9-32-48(51)53-47-31-15-27-42(50(47)51)38-22-11-23-39(34-38)52(45-30-14-19-35-18-5-6-24-40(35)45)46-29-8-7-25-43(46)44-28-13-21-37-20-12-26-41(49(37)44)36-16-3-2-4-17-36/h5-15,18-34,36,48H,2-4,16-17H2,1H3. The third-order valence-corrected chi connectivity index (χ3v) is 12.1. The molecule has 0 N–H and O–H groups in total. The predicted octanol–water partition coefficient (Wildman–Crippen LogP) is 14.0. The van der Waals surface area contributed by atoms with Gasteiger partial charge in [-0.3, -0.25) is 0 Å². The fraction of sp³-hybridized carbons (Fsp3) is 0.176. The molecule has 2 aliphatic carbocycles. The molecule has 2 nitrogen and oxygen atoms in total. The van der Waals surface area contributed by atoms with Crippen molar-refractivity contribution in [3.05, 3.63) is 181 Å². The first-order chi connectivity index (χ1) is 26.2. The lowest BCUT2D eigenvalue weighted by atomic mass is 9.74. The molecule has 7 aromatic rings. The number of para-hydroxylation sites is 1. The van der Waals surface area contributed by atoms with E-state index in [1.807, 2.05) is 0 Å². The molecule has 3 aliphatic rings. The summed E-state index contributed by atoms with van der Waals surface area (Å²) in [6, 6.07) is 54.0. The van der Waals surface area contributed by atoms with Crippen LogP contribution in [-0.4, -0.2) is 6.10 Å². The van der Waals surface area contributed by atoms with Crippen molar-refractivity contribution in [2.75, 3.05) is 4.90 Å². The van der Waals surface area contributed by atoms with Gasteiger partial charge in [0.2, 0.25) is 0 Å². The summed E-state index contributed by atoms with van der Waals surface area (Å²) >= 11 is 0. The largest absolute Gasteiger partial charge is 0.485 e. The summed E-state index contributed by atoms with van der Waals surface area (Å²) in [5.41, 5.74) is 10.9. The second-order valence-corrected chi connectivity index (χ2v) is 15.2. The fourth-order valence-electron chi connectivity index (χ4n) is 9.53. The van der Waals surface area contributed by atoms with Crippen LogP contribution in [0.3, 0.4) is 0 Å². The second-order valence-electron chi connectivity index (χ2n) is 15.2. The van der Waals surface area contributed by atoms with Gasteiger partial charge in [0, 0.05) is 22.2 Å². The van der Waals surface area contributed by atoms with Gasteiger partial charge in [-0.15, -0.1) is 0 Å². The van der Waals surface area contributed by atoms with Crippen molar-refractivity contribution in [1.82, 2.24) is 0 Å². The van der Waals surface area contributed by atoms with Crippen LogP contribution in [0.15, 0.2) is 170 Å². The smallest absolute Gasteiger partial charge is 0.130 e. The fourth-order valence-corrected chi connectivity index (χ4v) is 9.53. The van der Waals surface area contributed by atoms with Gasteiger partial charge in [0.05, 0.1) is 16.8 Å². The first-order valence-electron chi connectivity index (χ1n) is 19.3. The molecule has 10 rings (SSSR count). The minimum atomic E-state index is -0.233. The van der Waals surface area contributed by atoms with Crippen LogP contribution in [0.25, 0.3) is 43.8 Å². The molecule has 0 spiro atoms. The molecule has 0 amide bonds. The van der Waals surface area contributed by atoms with Gasteiger partial charge in [0.25, 0.3) is 0 Å². The highest BCUT2D eigenvalue weighted by Gasteiger charge is 2.44. The molecule has 2 unspecified atom stereocenters. The Balaban J connectivity index is 1.20. The highest BCUT2D eigenvalue weighted by atomic mass is 16.5. The molecular formula is C51H43NO. The van der Waals surface area contributed by atoms with Crippen molar-refractivity contribution in [2.24, 2.45) is 0 Å². The third kappa shape index (κ3) is 5.31. The Hall–Kier alpha value is -5.86. The van der Waals surface area contributed by atoms with E-state index in [2.05, 4.69) is 182 Å². The number of benzene rings is 7. The molecule has 1 heterocycles. The number of fused-ring (bicyclic) bond motifs is 5. The zero-order chi connectivity index (χ0) is 35.4. The highest BCUT2D eigenvalue weighted by molar-refractivity contribution is 6.06. The van der Waals surface area contributed by atoms with Gasteiger partial charge in [-0.25, -0.2) is 0 Å². The van der Waals surface area contributed by atoms with Gasteiger partial charge in [-0.05, 0) is 101 Å². The predicted molar refractivity (Wildman–Crippen MR) is 223 cm³/mol. The topological polar surface area (TPSA) is 12.5 Å². The van der Waals surface area contributed by atoms with E-state index in [0.29, 0.717) is 5.92 Å². The van der Waals surface area contributed by atoms with Crippen molar-refractivity contribution in [2.45, 2.75) is 56.5 Å². The van der Waals surface area contributed by atoms with Gasteiger partial charge in [0.1, 0.15) is 11.9 Å². The lowest BCUT2D eigenvalue weighted by molar-refractivity contribution is 0.228. The molecule has 53 heavy (non-hydrogen) atoms. The maximum absolute atomic E-state index is 6.55. The van der Waals surface area contributed by atoms with Crippen LogP contribution < -0.4 is 9.64 Å². The summed E-state index contributed by atoms with van der Waals surface area (Å²) < 4.78 is 6.55. The molecule has 0 radical (unpaired) electrons. The van der Waals surface area contributed by atoms with E-state index >= 15 is 0 Å². The summed E-state index contributed by atoms with van der Waals surface area (Å²) in [4.78, 5) is 2.50. The van der Waals surface area contributed by atoms with E-state index in [0.717, 1.165) is 17.1 Å². The quantitative estimate of drug-likeness (QED) is 0.173. The molecule has 0 saturated heterocycles. The molecule has 0 bridgehead atoms.